The molecule has 4 rings (SSSR count). The summed E-state index contributed by atoms with van der Waals surface area (Å²) >= 11 is 0. The maximum Gasteiger partial charge on any atom is 0.423 e. The molecule has 0 amide bonds. The number of benzene rings is 1. The average Bonchev–Trinajstić information content (AvgIpc) is 3.26. The fourth-order valence-electron chi connectivity index (χ4n) is 4.69. The van der Waals surface area contributed by atoms with Crippen LogP contribution in [-0.2, 0) is 24.3 Å². The molecule has 32 heavy (non-hydrogen) atoms. The second-order valence-corrected chi connectivity index (χ2v) is 8.57. The minimum absolute atomic E-state index is 0.0417. The predicted octanol–water partition coefficient (Wildman–Crippen LogP) is 3.63. The second-order valence-electron chi connectivity index (χ2n) is 8.57. The van der Waals surface area contributed by atoms with Crippen molar-refractivity contribution in [2.45, 2.75) is 43.6 Å². The Morgan fingerprint density at radius 2 is 1.62 bits per heavy atom. The third-order valence-corrected chi connectivity index (χ3v) is 6.44. The van der Waals surface area contributed by atoms with E-state index in [9.17, 15) is 35.9 Å². The molecule has 1 aliphatic heterocycles. The highest BCUT2D eigenvalue weighted by atomic mass is 19.4. The normalized spacial score (nSPS) is 23.4. The van der Waals surface area contributed by atoms with Gasteiger partial charge in [-0.1, -0.05) is 12.1 Å². The Kier molecular flexibility index (Phi) is 5.51. The number of likely N-dealkylation sites (tertiary alicyclic amines) is 1. The minimum atomic E-state index is -4.84. The van der Waals surface area contributed by atoms with E-state index in [4.69, 9.17) is 0 Å². The van der Waals surface area contributed by atoms with Crippen LogP contribution in [0.4, 0.5) is 26.3 Å². The highest BCUT2D eigenvalue weighted by molar-refractivity contribution is 5.39. The molecular formula is C21H21F6N3O2. The molecule has 2 atom stereocenters. The molecule has 1 aromatic heterocycles. The molecule has 0 bridgehead atoms. The van der Waals surface area contributed by atoms with Gasteiger partial charge in [-0.15, -0.1) is 0 Å². The van der Waals surface area contributed by atoms with E-state index in [0.29, 0.717) is 31.5 Å². The first-order valence-corrected chi connectivity index (χ1v) is 10.2. The summed E-state index contributed by atoms with van der Waals surface area (Å²) in [6.45, 7) is 2.25. The van der Waals surface area contributed by atoms with Gasteiger partial charge in [-0.2, -0.15) is 26.3 Å². The van der Waals surface area contributed by atoms with Gasteiger partial charge in [-0.25, -0.2) is 4.79 Å². The van der Waals surface area contributed by atoms with E-state index in [0.717, 1.165) is 41.8 Å². The van der Waals surface area contributed by atoms with Crippen molar-refractivity contribution in [3.63, 3.8) is 0 Å². The number of hydrogen-bond donors (Lipinski definition) is 1. The number of nitrogens with zero attached hydrogens (tertiary/aromatic N) is 2. The fraction of sp³-hybridized carbons (Fsp3) is 0.524. The van der Waals surface area contributed by atoms with Gasteiger partial charge in [-0.05, 0) is 49.4 Å². The molecule has 11 heteroatoms. The number of unbranched alkanes of at least 4 members (excludes halogenated alkanes) is 1. The number of aromatic nitrogens is 2. The van der Waals surface area contributed by atoms with Gasteiger partial charge >= 0.3 is 18.0 Å². The van der Waals surface area contributed by atoms with Crippen LogP contribution < -0.4 is 11.2 Å². The SMILES string of the molecule is O=c1[nH]c(=O)n(CCCCN2C[C@@H]3C[C@]3(c3ccc(C(F)(F)F)cc3)C2)cc1C(F)(F)F. The van der Waals surface area contributed by atoms with Crippen molar-refractivity contribution < 1.29 is 26.3 Å². The van der Waals surface area contributed by atoms with E-state index in [2.05, 4.69) is 4.90 Å². The zero-order valence-electron chi connectivity index (χ0n) is 16.9. The lowest BCUT2D eigenvalue weighted by molar-refractivity contribution is -0.139. The quantitative estimate of drug-likeness (QED) is 0.528. The van der Waals surface area contributed by atoms with Crippen LogP contribution in [0.2, 0.25) is 0 Å². The van der Waals surface area contributed by atoms with E-state index in [1.54, 1.807) is 17.1 Å². The first kappa shape index (κ1) is 22.6. The number of aryl methyl sites for hydroxylation is 1. The molecule has 2 aromatic rings. The number of halogens is 6. The first-order chi connectivity index (χ1) is 14.9. The van der Waals surface area contributed by atoms with Gasteiger partial charge in [0.2, 0.25) is 0 Å². The van der Waals surface area contributed by atoms with Crippen molar-refractivity contribution >= 4 is 0 Å². The zero-order valence-corrected chi connectivity index (χ0v) is 16.9. The number of piperidine rings is 1. The van der Waals surface area contributed by atoms with Crippen molar-refractivity contribution in [3.8, 4) is 0 Å². The molecule has 2 aliphatic rings. The Balaban J connectivity index is 1.31. The summed E-state index contributed by atoms with van der Waals surface area (Å²) in [6.07, 6.45) is -6.66. The van der Waals surface area contributed by atoms with Crippen LogP contribution in [-0.4, -0.2) is 34.1 Å². The van der Waals surface area contributed by atoms with Crippen LogP contribution in [0, 0.1) is 5.92 Å². The van der Waals surface area contributed by atoms with Crippen molar-refractivity contribution in [2.75, 3.05) is 19.6 Å². The van der Waals surface area contributed by atoms with E-state index in [1.807, 2.05) is 0 Å². The first-order valence-electron chi connectivity index (χ1n) is 10.2. The van der Waals surface area contributed by atoms with Crippen LogP contribution in [0.3, 0.4) is 0 Å². The standard InChI is InChI=1S/C21H21F6N3O2/c22-20(23,24)14-5-3-13(4-6-14)19-9-15(19)10-29(12-19)7-1-2-8-30-11-16(21(25,26)27)17(31)28-18(30)32/h3-6,11,15H,1-2,7-10,12H2,(H,28,31,32)/t15-,19+/m0/s1. The average molecular weight is 461 g/mol. The third kappa shape index (κ3) is 4.35. The van der Waals surface area contributed by atoms with Gasteiger partial charge in [-0.3, -0.25) is 14.3 Å². The molecule has 1 saturated carbocycles. The zero-order chi connectivity index (χ0) is 23.3. The van der Waals surface area contributed by atoms with E-state index in [-0.39, 0.29) is 12.0 Å². The lowest BCUT2D eigenvalue weighted by atomic mass is 9.94. The van der Waals surface area contributed by atoms with E-state index in [1.165, 1.54) is 0 Å². The number of hydrogen-bond acceptors (Lipinski definition) is 3. The molecule has 2 heterocycles. The Labute approximate surface area is 178 Å². The number of fused-ring (bicyclic) bond motifs is 1. The van der Waals surface area contributed by atoms with Gasteiger partial charge in [0.15, 0.2) is 0 Å². The maximum atomic E-state index is 12.9. The molecule has 5 nitrogen and oxygen atoms in total. The Bertz CT molecular complexity index is 1100. The van der Waals surface area contributed by atoms with Crippen LogP contribution in [0.5, 0.6) is 0 Å². The highest BCUT2D eigenvalue weighted by Gasteiger charge is 2.60. The topological polar surface area (TPSA) is 58.1 Å². The molecule has 0 spiro atoms. The van der Waals surface area contributed by atoms with Gasteiger partial charge in [0.25, 0.3) is 5.56 Å². The number of H-pyrrole nitrogens is 1. The van der Waals surface area contributed by atoms with Crippen LogP contribution >= 0.6 is 0 Å². The maximum absolute atomic E-state index is 12.9. The van der Waals surface area contributed by atoms with Crippen molar-refractivity contribution in [3.05, 3.63) is 68.0 Å². The largest absolute Gasteiger partial charge is 0.423 e. The Hall–Kier alpha value is -2.56. The summed E-state index contributed by atoms with van der Waals surface area (Å²) in [4.78, 5) is 27.0. The summed E-state index contributed by atoms with van der Waals surface area (Å²) in [6, 6.07) is 5.32. The number of rotatable bonds is 6. The summed E-state index contributed by atoms with van der Waals surface area (Å²) < 4.78 is 77.8. The smallest absolute Gasteiger partial charge is 0.302 e. The second kappa shape index (κ2) is 7.79. The molecule has 1 saturated heterocycles. The lowest BCUT2D eigenvalue weighted by Crippen LogP contribution is -2.34. The lowest BCUT2D eigenvalue weighted by Gasteiger charge is -2.21. The molecule has 174 valence electrons. The molecule has 2 fully saturated rings. The van der Waals surface area contributed by atoms with Gasteiger partial charge < -0.3 is 4.90 Å². The molecular weight excluding hydrogens is 440 g/mol. The van der Waals surface area contributed by atoms with Gasteiger partial charge in [0.05, 0.1) is 5.56 Å². The third-order valence-electron chi connectivity index (χ3n) is 6.44. The summed E-state index contributed by atoms with van der Waals surface area (Å²) in [7, 11) is 0. The number of nitrogens with one attached hydrogen (secondary N) is 1. The Morgan fingerprint density at radius 1 is 0.969 bits per heavy atom. The molecule has 1 aromatic carbocycles. The van der Waals surface area contributed by atoms with Crippen LogP contribution in [0.1, 0.15) is 36.0 Å². The van der Waals surface area contributed by atoms with Gasteiger partial charge in [0.1, 0.15) is 5.56 Å². The van der Waals surface area contributed by atoms with Crippen LogP contribution in [0.15, 0.2) is 40.1 Å². The molecule has 1 aliphatic carbocycles. The van der Waals surface area contributed by atoms with Crippen molar-refractivity contribution in [1.29, 1.82) is 0 Å². The van der Waals surface area contributed by atoms with Crippen molar-refractivity contribution in [1.82, 2.24) is 14.5 Å². The Morgan fingerprint density at radius 3 is 2.25 bits per heavy atom. The van der Waals surface area contributed by atoms with E-state index < -0.39 is 34.7 Å². The van der Waals surface area contributed by atoms with Crippen molar-refractivity contribution in [2.24, 2.45) is 5.92 Å². The summed E-state index contributed by atoms with van der Waals surface area (Å²) in [5, 5.41) is 0. The fourth-order valence-corrected chi connectivity index (χ4v) is 4.69. The van der Waals surface area contributed by atoms with Crippen LogP contribution in [0.25, 0.3) is 0 Å². The monoisotopic (exact) mass is 461 g/mol. The number of aromatic amines is 1. The summed E-state index contributed by atoms with van der Waals surface area (Å²) in [5.41, 5.74) is -3.64. The summed E-state index contributed by atoms with van der Waals surface area (Å²) in [5.74, 6) is 0.385. The minimum Gasteiger partial charge on any atom is -0.302 e. The van der Waals surface area contributed by atoms with E-state index >= 15 is 0 Å². The predicted molar refractivity (Wildman–Crippen MR) is 103 cm³/mol. The molecule has 1 N–H and O–H groups in total. The van der Waals surface area contributed by atoms with Gasteiger partial charge in [0, 0.05) is 31.2 Å². The molecule has 0 unspecified atom stereocenters. The molecule has 0 radical (unpaired) electrons. The number of alkyl halides is 6. The highest BCUT2D eigenvalue weighted by Crippen LogP contribution is 2.59.